The first-order valence-electron chi connectivity index (χ1n) is 4.37. The number of benzene rings is 1. The molecule has 13 heavy (non-hydrogen) atoms. The van der Waals surface area contributed by atoms with E-state index in [9.17, 15) is 9.59 Å². The molecular weight excluding hydrogens is 164 g/mol. The summed E-state index contributed by atoms with van der Waals surface area (Å²) in [5.41, 5.74) is 0.719. The first-order chi connectivity index (χ1) is 6.33. The zero-order valence-electron chi connectivity index (χ0n) is 7.14. The Morgan fingerprint density at radius 1 is 1.31 bits per heavy atom. The van der Waals surface area contributed by atoms with E-state index in [0.29, 0.717) is 0 Å². The molecular formula is C11H10O2. The van der Waals surface area contributed by atoms with Crippen molar-refractivity contribution in [2.24, 2.45) is 11.8 Å². The minimum Gasteiger partial charge on any atom is -0.303 e. The highest BCUT2D eigenvalue weighted by Crippen LogP contribution is 2.38. The van der Waals surface area contributed by atoms with Gasteiger partial charge in [0.15, 0.2) is 5.78 Å². The van der Waals surface area contributed by atoms with Crippen LogP contribution in [0.25, 0.3) is 0 Å². The zero-order chi connectivity index (χ0) is 9.26. The highest BCUT2D eigenvalue weighted by atomic mass is 16.1. The molecule has 1 fully saturated rings. The number of hydrogen-bond acceptors (Lipinski definition) is 2. The SMILES string of the molecule is O=CC1CC1C(=O)c1ccccc1. The molecule has 0 heterocycles. The molecule has 66 valence electrons. The van der Waals surface area contributed by atoms with Crippen LogP contribution in [0.15, 0.2) is 30.3 Å². The van der Waals surface area contributed by atoms with Gasteiger partial charge in [-0.1, -0.05) is 30.3 Å². The van der Waals surface area contributed by atoms with Crippen molar-refractivity contribution in [1.29, 1.82) is 0 Å². The Morgan fingerprint density at radius 3 is 2.54 bits per heavy atom. The average Bonchev–Trinajstić information content (AvgIpc) is 2.97. The molecule has 2 heteroatoms. The van der Waals surface area contributed by atoms with E-state index < -0.39 is 0 Å². The Bertz CT molecular complexity index is 329. The average molecular weight is 174 g/mol. The molecule has 2 rings (SSSR count). The Labute approximate surface area is 76.6 Å². The molecule has 2 atom stereocenters. The molecule has 1 aromatic carbocycles. The van der Waals surface area contributed by atoms with Crippen molar-refractivity contribution < 1.29 is 9.59 Å². The quantitative estimate of drug-likeness (QED) is 0.516. The van der Waals surface area contributed by atoms with Crippen LogP contribution in [0.2, 0.25) is 0 Å². The van der Waals surface area contributed by atoms with E-state index in [2.05, 4.69) is 0 Å². The lowest BCUT2D eigenvalue weighted by Gasteiger charge is -1.96. The molecule has 2 unspecified atom stereocenters. The summed E-state index contributed by atoms with van der Waals surface area (Å²) in [6.45, 7) is 0. The summed E-state index contributed by atoms with van der Waals surface area (Å²) in [5, 5.41) is 0. The molecule has 1 aromatic rings. The number of Topliss-reactive ketones (excluding diaryl/α,β-unsaturated/α-hetero) is 1. The third-order valence-electron chi connectivity index (χ3n) is 2.41. The van der Waals surface area contributed by atoms with Crippen LogP contribution in [0.3, 0.4) is 0 Å². The summed E-state index contributed by atoms with van der Waals surface area (Å²) >= 11 is 0. The summed E-state index contributed by atoms with van der Waals surface area (Å²) in [4.78, 5) is 22.0. The molecule has 2 nitrogen and oxygen atoms in total. The second-order valence-corrected chi connectivity index (χ2v) is 3.37. The predicted octanol–water partition coefficient (Wildman–Crippen LogP) is 1.70. The standard InChI is InChI=1S/C11H10O2/c12-7-9-6-10(9)11(13)8-4-2-1-3-5-8/h1-5,7,9-10H,6H2. The largest absolute Gasteiger partial charge is 0.303 e. The van der Waals surface area contributed by atoms with Crippen LogP contribution >= 0.6 is 0 Å². The summed E-state index contributed by atoms with van der Waals surface area (Å²) in [5.74, 6) is 0.0466. The second kappa shape index (κ2) is 3.13. The van der Waals surface area contributed by atoms with Gasteiger partial charge in [-0.2, -0.15) is 0 Å². The van der Waals surface area contributed by atoms with Gasteiger partial charge >= 0.3 is 0 Å². The van der Waals surface area contributed by atoms with Crippen LogP contribution in [0.4, 0.5) is 0 Å². The maximum Gasteiger partial charge on any atom is 0.166 e. The van der Waals surface area contributed by atoms with Crippen molar-refractivity contribution in [3.63, 3.8) is 0 Å². The van der Waals surface area contributed by atoms with E-state index in [4.69, 9.17) is 0 Å². The smallest absolute Gasteiger partial charge is 0.166 e. The highest BCUT2D eigenvalue weighted by Gasteiger charge is 2.42. The van der Waals surface area contributed by atoms with Crippen LogP contribution < -0.4 is 0 Å². The van der Waals surface area contributed by atoms with Gasteiger partial charge in [-0.25, -0.2) is 0 Å². The van der Waals surface area contributed by atoms with E-state index in [1.807, 2.05) is 18.2 Å². The van der Waals surface area contributed by atoms with Crippen molar-refractivity contribution in [2.75, 3.05) is 0 Å². The van der Waals surface area contributed by atoms with Crippen LogP contribution in [-0.4, -0.2) is 12.1 Å². The maximum absolute atomic E-state index is 11.6. The molecule has 0 radical (unpaired) electrons. The first-order valence-corrected chi connectivity index (χ1v) is 4.37. The number of aldehydes is 1. The van der Waals surface area contributed by atoms with Gasteiger partial charge < -0.3 is 4.79 Å². The van der Waals surface area contributed by atoms with Crippen LogP contribution in [0, 0.1) is 11.8 Å². The molecule has 0 N–H and O–H groups in total. The lowest BCUT2D eigenvalue weighted by molar-refractivity contribution is -0.109. The number of carbonyl (C=O) groups excluding carboxylic acids is 2. The fourth-order valence-electron chi connectivity index (χ4n) is 1.48. The minimum atomic E-state index is -0.0418. The van der Waals surface area contributed by atoms with Gasteiger partial charge in [-0.05, 0) is 6.42 Å². The van der Waals surface area contributed by atoms with Gasteiger partial charge in [0.2, 0.25) is 0 Å². The Morgan fingerprint density at radius 2 is 2.00 bits per heavy atom. The van der Waals surface area contributed by atoms with Crippen LogP contribution in [0.1, 0.15) is 16.8 Å². The highest BCUT2D eigenvalue weighted by molar-refractivity contribution is 6.01. The zero-order valence-corrected chi connectivity index (χ0v) is 7.14. The van der Waals surface area contributed by atoms with Crippen molar-refractivity contribution in [1.82, 2.24) is 0 Å². The molecule has 0 amide bonds. The first kappa shape index (κ1) is 8.17. The number of hydrogen-bond donors (Lipinski definition) is 0. The third kappa shape index (κ3) is 1.52. The van der Waals surface area contributed by atoms with Gasteiger partial charge in [0.05, 0.1) is 0 Å². The van der Waals surface area contributed by atoms with Gasteiger partial charge in [0, 0.05) is 17.4 Å². The summed E-state index contributed by atoms with van der Waals surface area (Å²) in [6, 6.07) is 9.14. The lowest BCUT2D eigenvalue weighted by atomic mass is 10.1. The number of carbonyl (C=O) groups is 2. The van der Waals surface area contributed by atoms with E-state index in [1.54, 1.807) is 12.1 Å². The fraction of sp³-hybridized carbons (Fsp3) is 0.273. The Hall–Kier alpha value is -1.44. The van der Waals surface area contributed by atoms with Crippen LogP contribution in [-0.2, 0) is 4.79 Å². The summed E-state index contributed by atoms with van der Waals surface area (Å²) in [6.07, 6.45) is 1.61. The van der Waals surface area contributed by atoms with Gasteiger partial charge in [0.1, 0.15) is 6.29 Å². The second-order valence-electron chi connectivity index (χ2n) is 3.37. The molecule has 0 saturated heterocycles. The van der Waals surface area contributed by atoms with Crippen molar-refractivity contribution >= 4 is 12.1 Å². The lowest BCUT2D eigenvalue weighted by Crippen LogP contribution is -2.03. The van der Waals surface area contributed by atoms with E-state index in [-0.39, 0.29) is 17.6 Å². The third-order valence-corrected chi connectivity index (χ3v) is 2.41. The molecule has 0 aromatic heterocycles. The van der Waals surface area contributed by atoms with Gasteiger partial charge in [0.25, 0.3) is 0 Å². The molecule has 1 aliphatic carbocycles. The molecule has 1 saturated carbocycles. The van der Waals surface area contributed by atoms with Crippen LogP contribution in [0.5, 0.6) is 0 Å². The monoisotopic (exact) mass is 174 g/mol. The molecule has 0 bridgehead atoms. The predicted molar refractivity (Wildman–Crippen MR) is 48.4 cm³/mol. The fourth-order valence-corrected chi connectivity index (χ4v) is 1.48. The number of ketones is 1. The van der Waals surface area contributed by atoms with E-state index >= 15 is 0 Å². The summed E-state index contributed by atoms with van der Waals surface area (Å²) in [7, 11) is 0. The summed E-state index contributed by atoms with van der Waals surface area (Å²) < 4.78 is 0. The van der Waals surface area contributed by atoms with Gasteiger partial charge in [-0.3, -0.25) is 4.79 Å². The molecule has 0 spiro atoms. The molecule has 1 aliphatic rings. The van der Waals surface area contributed by atoms with Crippen molar-refractivity contribution in [3.05, 3.63) is 35.9 Å². The van der Waals surface area contributed by atoms with E-state index in [0.717, 1.165) is 18.3 Å². The van der Waals surface area contributed by atoms with Gasteiger partial charge in [-0.15, -0.1) is 0 Å². The maximum atomic E-state index is 11.6. The number of rotatable bonds is 3. The Balaban J connectivity index is 2.11. The molecule has 0 aliphatic heterocycles. The van der Waals surface area contributed by atoms with Crippen molar-refractivity contribution in [2.45, 2.75) is 6.42 Å². The van der Waals surface area contributed by atoms with Crippen molar-refractivity contribution in [3.8, 4) is 0 Å². The Kier molecular flexibility index (Phi) is 1.97. The van der Waals surface area contributed by atoms with E-state index in [1.165, 1.54) is 0 Å². The minimum absolute atomic E-state index is 0.0206. The topological polar surface area (TPSA) is 34.1 Å². The normalized spacial score (nSPS) is 25.2.